The number of aromatic nitrogens is 2. The molecule has 1 rings (SSSR count). The van der Waals surface area contributed by atoms with Gasteiger partial charge in [0, 0.05) is 18.7 Å². The van der Waals surface area contributed by atoms with Crippen LogP contribution in [0.25, 0.3) is 0 Å². The summed E-state index contributed by atoms with van der Waals surface area (Å²) >= 11 is 0. The lowest BCUT2D eigenvalue weighted by Gasteiger charge is -2.13. The van der Waals surface area contributed by atoms with Crippen LogP contribution in [0.1, 0.15) is 61.8 Å². The highest BCUT2D eigenvalue weighted by molar-refractivity contribution is 5.97. The van der Waals surface area contributed by atoms with Crippen LogP contribution in [0.3, 0.4) is 0 Å². The number of carbonyl (C=O) groups is 1. The zero-order chi connectivity index (χ0) is 13.0. The third kappa shape index (κ3) is 2.96. The van der Waals surface area contributed by atoms with Gasteiger partial charge in [-0.2, -0.15) is 5.10 Å². The third-order valence-corrected chi connectivity index (χ3v) is 3.57. The normalized spacial score (nSPS) is 11.2. The summed E-state index contributed by atoms with van der Waals surface area (Å²) in [5.74, 6) is 0.855. The molecule has 0 saturated heterocycles. The lowest BCUT2D eigenvalue weighted by molar-refractivity contribution is 0.0987. The maximum Gasteiger partial charge on any atom is 0.166 e. The quantitative estimate of drug-likeness (QED) is 0.708. The van der Waals surface area contributed by atoms with E-state index < -0.39 is 0 Å². The molecule has 0 aliphatic heterocycles. The van der Waals surface area contributed by atoms with E-state index in [0.29, 0.717) is 12.3 Å². The van der Waals surface area contributed by atoms with Gasteiger partial charge in [-0.25, -0.2) is 0 Å². The first-order valence-corrected chi connectivity index (χ1v) is 6.62. The van der Waals surface area contributed by atoms with E-state index >= 15 is 0 Å². The molecule has 96 valence electrons. The number of nitrogens with zero attached hydrogens (tertiary/aromatic N) is 2. The monoisotopic (exact) mass is 236 g/mol. The van der Waals surface area contributed by atoms with Crippen molar-refractivity contribution in [2.24, 2.45) is 5.92 Å². The number of hydrogen-bond donors (Lipinski definition) is 0. The van der Waals surface area contributed by atoms with Gasteiger partial charge in [0.2, 0.25) is 0 Å². The zero-order valence-corrected chi connectivity index (χ0v) is 11.7. The Morgan fingerprint density at radius 1 is 1.24 bits per heavy atom. The molecule has 0 bridgehead atoms. The van der Waals surface area contributed by atoms with Gasteiger partial charge in [-0.15, -0.1) is 0 Å². The molecule has 3 nitrogen and oxygen atoms in total. The summed E-state index contributed by atoms with van der Waals surface area (Å²) in [6, 6.07) is 0. The molecule has 0 radical (unpaired) electrons. The first-order chi connectivity index (χ1) is 8.04. The van der Waals surface area contributed by atoms with Gasteiger partial charge in [0.25, 0.3) is 0 Å². The van der Waals surface area contributed by atoms with Crippen molar-refractivity contribution in [2.45, 2.75) is 60.4 Å². The van der Waals surface area contributed by atoms with Gasteiger partial charge in [-0.1, -0.05) is 33.6 Å². The Morgan fingerprint density at radius 2 is 1.82 bits per heavy atom. The molecule has 0 fully saturated rings. The van der Waals surface area contributed by atoms with Crippen molar-refractivity contribution in [3.8, 4) is 0 Å². The Balaban J connectivity index is 3.00. The molecule has 0 N–H and O–H groups in total. The summed E-state index contributed by atoms with van der Waals surface area (Å²) in [4.78, 5) is 11.8. The minimum Gasteiger partial charge on any atom is -0.294 e. The predicted octanol–water partition coefficient (Wildman–Crippen LogP) is 3.53. The molecule has 0 atom stereocenters. The van der Waals surface area contributed by atoms with E-state index in [1.807, 2.05) is 25.5 Å². The number of Topliss-reactive ketones (excluding diaryl/α,β-unsaturated/α-hetero) is 1. The van der Waals surface area contributed by atoms with Crippen molar-refractivity contribution >= 4 is 5.78 Å². The number of hydrogen-bond acceptors (Lipinski definition) is 2. The van der Waals surface area contributed by atoms with Crippen molar-refractivity contribution < 1.29 is 4.79 Å². The third-order valence-electron chi connectivity index (χ3n) is 3.57. The molecule has 0 aliphatic carbocycles. The molecular formula is C14H24N2O. The maximum atomic E-state index is 11.8. The Kier molecular flexibility index (Phi) is 4.91. The molecule has 1 aromatic heterocycles. The molecule has 1 aromatic rings. The van der Waals surface area contributed by atoms with Crippen molar-refractivity contribution in [1.82, 2.24) is 9.78 Å². The SMILES string of the molecule is CCC(=O)c1c(C)nn(CC(CC)CC)c1C. The van der Waals surface area contributed by atoms with E-state index in [2.05, 4.69) is 18.9 Å². The Morgan fingerprint density at radius 3 is 2.29 bits per heavy atom. The Bertz CT molecular complexity index is 389. The fourth-order valence-corrected chi connectivity index (χ4v) is 2.25. The second-order valence-corrected chi connectivity index (χ2v) is 4.69. The lowest BCUT2D eigenvalue weighted by Crippen LogP contribution is -2.12. The highest BCUT2D eigenvalue weighted by atomic mass is 16.1. The Labute approximate surface area is 104 Å². The average molecular weight is 236 g/mol. The number of rotatable bonds is 6. The molecule has 0 unspecified atom stereocenters. The van der Waals surface area contributed by atoms with Gasteiger partial charge in [0.1, 0.15) is 0 Å². The summed E-state index contributed by atoms with van der Waals surface area (Å²) < 4.78 is 2.01. The fraction of sp³-hybridized carbons (Fsp3) is 0.714. The zero-order valence-electron chi connectivity index (χ0n) is 11.7. The fourth-order valence-electron chi connectivity index (χ4n) is 2.25. The van der Waals surface area contributed by atoms with Crippen LogP contribution in [0, 0.1) is 19.8 Å². The summed E-state index contributed by atoms with van der Waals surface area (Å²) in [7, 11) is 0. The molecule has 3 heteroatoms. The summed E-state index contributed by atoms with van der Waals surface area (Å²) in [5.41, 5.74) is 2.74. The van der Waals surface area contributed by atoms with Gasteiger partial charge in [-0.3, -0.25) is 9.48 Å². The summed E-state index contributed by atoms with van der Waals surface area (Å²) in [6.07, 6.45) is 2.87. The van der Waals surface area contributed by atoms with Crippen LogP contribution in [-0.4, -0.2) is 15.6 Å². The average Bonchev–Trinajstić information content (AvgIpc) is 2.60. The van der Waals surface area contributed by atoms with Crippen molar-refractivity contribution in [2.75, 3.05) is 0 Å². The van der Waals surface area contributed by atoms with Crippen LogP contribution >= 0.6 is 0 Å². The van der Waals surface area contributed by atoms with E-state index in [0.717, 1.165) is 36.3 Å². The maximum absolute atomic E-state index is 11.8. The molecule has 17 heavy (non-hydrogen) atoms. The van der Waals surface area contributed by atoms with Crippen LogP contribution < -0.4 is 0 Å². The standard InChI is InChI=1S/C14H24N2O/c1-6-12(7-2)9-16-11(5)14(10(4)15-16)13(17)8-3/h12H,6-9H2,1-5H3. The number of carbonyl (C=O) groups excluding carboxylic acids is 1. The molecule has 0 amide bonds. The van der Waals surface area contributed by atoms with Gasteiger partial charge >= 0.3 is 0 Å². The highest BCUT2D eigenvalue weighted by Gasteiger charge is 2.18. The minimum atomic E-state index is 0.204. The largest absolute Gasteiger partial charge is 0.294 e. The van der Waals surface area contributed by atoms with Crippen molar-refractivity contribution in [3.05, 3.63) is 17.0 Å². The van der Waals surface area contributed by atoms with Gasteiger partial charge in [-0.05, 0) is 19.8 Å². The van der Waals surface area contributed by atoms with Crippen LogP contribution in [0.5, 0.6) is 0 Å². The van der Waals surface area contributed by atoms with E-state index in [-0.39, 0.29) is 5.78 Å². The molecule has 0 spiro atoms. The number of aryl methyl sites for hydroxylation is 1. The Hall–Kier alpha value is -1.12. The topological polar surface area (TPSA) is 34.9 Å². The molecule has 0 aliphatic rings. The second-order valence-electron chi connectivity index (χ2n) is 4.69. The molecular weight excluding hydrogens is 212 g/mol. The van der Waals surface area contributed by atoms with E-state index in [4.69, 9.17) is 0 Å². The molecule has 0 aromatic carbocycles. The van der Waals surface area contributed by atoms with Gasteiger partial charge in [0.15, 0.2) is 5.78 Å². The molecule has 1 heterocycles. The van der Waals surface area contributed by atoms with Gasteiger partial charge < -0.3 is 0 Å². The van der Waals surface area contributed by atoms with Crippen LogP contribution in [0.15, 0.2) is 0 Å². The first kappa shape index (κ1) is 13.9. The van der Waals surface area contributed by atoms with E-state index in [1.165, 1.54) is 0 Å². The summed E-state index contributed by atoms with van der Waals surface area (Å²) in [5, 5.41) is 4.51. The van der Waals surface area contributed by atoms with Crippen molar-refractivity contribution in [3.63, 3.8) is 0 Å². The summed E-state index contributed by atoms with van der Waals surface area (Å²) in [6.45, 7) is 11.2. The predicted molar refractivity (Wildman–Crippen MR) is 70.4 cm³/mol. The van der Waals surface area contributed by atoms with E-state index in [1.54, 1.807) is 0 Å². The smallest absolute Gasteiger partial charge is 0.166 e. The first-order valence-electron chi connectivity index (χ1n) is 6.62. The van der Waals surface area contributed by atoms with Crippen LogP contribution in [0.4, 0.5) is 0 Å². The lowest BCUT2D eigenvalue weighted by atomic mass is 10.0. The second kappa shape index (κ2) is 5.99. The van der Waals surface area contributed by atoms with Crippen molar-refractivity contribution in [1.29, 1.82) is 0 Å². The minimum absolute atomic E-state index is 0.204. The van der Waals surface area contributed by atoms with Gasteiger partial charge in [0.05, 0.1) is 11.3 Å². The van der Waals surface area contributed by atoms with E-state index in [9.17, 15) is 4.79 Å². The van der Waals surface area contributed by atoms with Crippen LogP contribution in [0.2, 0.25) is 0 Å². The molecule has 0 saturated carbocycles. The number of ketones is 1. The van der Waals surface area contributed by atoms with Crippen LogP contribution in [-0.2, 0) is 6.54 Å². The highest BCUT2D eigenvalue weighted by Crippen LogP contribution is 2.18.